The molecule has 11 heteroatoms. The Labute approximate surface area is 239 Å². The summed E-state index contributed by atoms with van der Waals surface area (Å²) in [6.07, 6.45) is 1.05. The summed E-state index contributed by atoms with van der Waals surface area (Å²) in [4.78, 5) is 28.5. The van der Waals surface area contributed by atoms with E-state index in [0.29, 0.717) is 5.56 Å². The van der Waals surface area contributed by atoms with E-state index in [9.17, 15) is 31.2 Å². The van der Waals surface area contributed by atoms with Crippen LogP contribution in [-0.4, -0.2) is 50.0 Å². The first kappa shape index (κ1) is 31.7. The number of amides is 2. The molecule has 0 aliphatic heterocycles. The van der Waals surface area contributed by atoms with Crippen LogP contribution in [0.3, 0.4) is 0 Å². The molecular formula is C30H34F3N3O4S. The van der Waals surface area contributed by atoms with Gasteiger partial charge in [0.25, 0.3) is 0 Å². The van der Waals surface area contributed by atoms with Gasteiger partial charge < -0.3 is 10.2 Å². The fourth-order valence-corrected chi connectivity index (χ4v) is 5.32. The van der Waals surface area contributed by atoms with Crippen LogP contribution in [0.2, 0.25) is 0 Å². The number of benzene rings is 3. The second-order valence-corrected chi connectivity index (χ2v) is 12.0. The van der Waals surface area contributed by atoms with Crippen LogP contribution >= 0.6 is 0 Å². The number of carbonyl (C=O) groups excluding carboxylic acids is 2. The predicted octanol–water partition coefficient (Wildman–Crippen LogP) is 4.81. The molecule has 41 heavy (non-hydrogen) atoms. The van der Waals surface area contributed by atoms with Crippen LogP contribution in [0.15, 0.2) is 72.8 Å². The molecule has 0 bridgehead atoms. The van der Waals surface area contributed by atoms with E-state index in [1.54, 1.807) is 0 Å². The van der Waals surface area contributed by atoms with Gasteiger partial charge in [-0.2, -0.15) is 0 Å². The van der Waals surface area contributed by atoms with Crippen LogP contribution in [-0.2, 0) is 32.6 Å². The van der Waals surface area contributed by atoms with Crippen molar-refractivity contribution in [2.45, 2.75) is 51.7 Å². The van der Waals surface area contributed by atoms with E-state index in [4.69, 9.17) is 0 Å². The molecule has 0 aromatic heterocycles. The van der Waals surface area contributed by atoms with Gasteiger partial charge in [0.1, 0.15) is 11.9 Å². The monoisotopic (exact) mass is 589 g/mol. The number of nitrogens with zero attached hydrogens (tertiary/aromatic N) is 2. The molecule has 0 fully saturated rings. The Morgan fingerprint density at radius 2 is 1.54 bits per heavy atom. The molecule has 0 aliphatic carbocycles. The molecule has 1 atom stereocenters. The second-order valence-electron chi connectivity index (χ2n) is 10.1. The maximum absolute atomic E-state index is 13.8. The van der Waals surface area contributed by atoms with Crippen molar-refractivity contribution in [1.29, 1.82) is 0 Å². The summed E-state index contributed by atoms with van der Waals surface area (Å²) >= 11 is 0. The Morgan fingerprint density at radius 1 is 0.878 bits per heavy atom. The number of nitrogens with one attached hydrogen (secondary N) is 1. The first-order valence-electron chi connectivity index (χ1n) is 13.2. The molecular weight excluding hydrogens is 555 g/mol. The number of rotatable bonds is 13. The summed E-state index contributed by atoms with van der Waals surface area (Å²) in [5.74, 6) is -3.54. The number of halogens is 3. The van der Waals surface area contributed by atoms with Gasteiger partial charge in [-0.3, -0.25) is 13.9 Å². The van der Waals surface area contributed by atoms with Crippen LogP contribution in [0.25, 0.3) is 0 Å². The third-order valence-corrected chi connectivity index (χ3v) is 7.51. The lowest BCUT2D eigenvalue weighted by Gasteiger charge is -2.32. The van der Waals surface area contributed by atoms with Crippen LogP contribution in [0.1, 0.15) is 37.8 Å². The molecule has 2 amide bonds. The average molecular weight is 590 g/mol. The lowest BCUT2D eigenvalue weighted by atomic mass is 10.0. The molecule has 220 valence electrons. The standard InChI is InChI=1S/C30H34F3N3O4S/c1-21(2)34-30(38)28(18-22-8-5-4-6-9-22)35(20-23-11-13-24(31)14-12-23)29(37)10-7-17-36(41(3,39)40)25-15-16-26(32)27(33)19-25/h4-6,8-9,11-16,19,21,28H,7,10,17-18,20H2,1-3H3,(H,34,38)/t28-/m0/s1. The van der Waals surface area contributed by atoms with Crippen molar-refractivity contribution in [2.24, 2.45) is 0 Å². The molecule has 0 unspecified atom stereocenters. The maximum Gasteiger partial charge on any atom is 0.243 e. The van der Waals surface area contributed by atoms with Crippen molar-refractivity contribution < 1.29 is 31.2 Å². The molecule has 1 N–H and O–H groups in total. The quantitative estimate of drug-likeness (QED) is 0.310. The van der Waals surface area contributed by atoms with Crippen molar-refractivity contribution in [1.82, 2.24) is 10.2 Å². The molecule has 3 aromatic carbocycles. The molecule has 3 aromatic rings. The fraction of sp³-hybridized carbons (Fsp3) is 0.333. The topological polar surface area (TPSA) is 86.8 Å². The zero-order valence-corrected chi connectivity index (χ0v) is 24.0. The number of sulfonamides is 1. The van der Waals surface area contributed by atoms with Crippen LogP contribution < -0.4 is 9.62 Å². The van der Waals surface area contributed by atoms with E-state index in [1.165, 1.54) is 29.2 Å². The first-order chi connectivity index (χ1) is 19.3. The van der Waals surface area contributed by atoms with Gasteiger partial charge in [-0.05, 0) is 55.7 Å². The van der Waals surface area contributed by atoms with E-state index in [1.807, 2.05) is 44.2 Å². The minimum Gasteiger partial charge on any atom is -0.352 e. The highest BCUT2D eigenvalue weighted by atomic mass is 32.2. The summed E-state index contributed by atoms with van der Waals surface area (Å²) in [5, 5.41) is 2.87. The van der Waals surface area contributed by atoms with Crippen LogP contribution in [0, 0.1) is 17.5 Å². The molecule has 7 nitrogen and oxygen atoms in total. The Hall–Kier alpha value is -3.86. The molecule has 0 saturated carbocycles. The summed E-state index contributed by atoms with van der Waals surface area (Å²) < 4.78 is 66.6. The number of carbonyl (C=O) groups is 2. The Bertz CT molecular complexity index is 1440. The zero-order valence-electron chi connectivity index (χ0n) is 23.2. The number of hydrogen-bond donors (Lipinski definition) is 1. The summed E-state index contributed by atoms with van der Waals surface area (Å²) in [6, 6.07) is 16.5. The Balaban J connectivity index is 1.88. The maximum atomic E-state index is 13.8. The van der Waals surface area contributed by atoms with Gasteiger partial charge in [0.05, 0.1) is 11.9 Å². The van der Waals surface area contributed by atoms with E-state index < -0.39 is 39.4 Å². The highest BCUT2D eigenvalue weighted by Gasteiger charge is 2.31. The third-order valence-electron chi connectivity index (χ3n) is 6.31. The zero-order chi connectivity index (χ0) is 30.2. The van der Waals surface area contributed by atoms with Gasteiger partial charge in [-0.15, -0.1) is 0 Å². The van der Waals surface area contributed by atoms with E-state index >= 15 is 0 Å². The first-order valence-corrected chi connectivity index (χ1v) is 15.0. The van der Waals surface area contributed by atoms with Crippen LogP contribution in [0.4, 0.5) is 18.9 Å². The third kappa shape index (κ3) is 9.34. The van der Waals surface area contributed by atoms with Gasteiger partial charge in [0, 0.05) is 38.0 Å². The van der Waals surface area contributed by atoms with Gasteiger partial charge in [-0.25, -0.2) is 21.6 Å². The molecule has 0 saturated heterocycles. The van der Waals surface area contributed by atoms with Crippen molar-refractivity contribution >= 4 is 27.5 Å². The predicted molar refractivity (Wildman–Crippen MR) is 152 cm³/mol. The summed E-state index contributed by atoms with van der Waals surface area (Å²) in [6.45, 7) is 3.45. The molecule has 0 heterocycles. The minimum absolute atomic E-state index is 0.0150. The largest absolute Gasteiger partial charge is 0.352 e. The number of hydrogen-bond acceptors (Lipinski definition) is 4. The fourth-order valence-electron chi connectivity index (χ4n) is 4.37. The summed E-state index contributed by atoms with van der Waals surface area (Å²) in [5.41, 5.74) is 1.37. The van der Waals surface area contributed by atoms with Crippen molar-refractivity contribution in [3.8, 4) is 0 Å². The van der Waals surface area contributed by atoms with Crippen LogP contribution in [0.5, 0.6) is 0 Å². The second kappa shape index (κ2) is 14.2. The number of anilines is 1. The SMILES string of the molecule is CC(C)NC(=O)[C@H](Cc1ccccc1)N(Cc1ccc(F)cc1)C(=O)CCCN(c1ccc(F)c(F)c1)S(C)(=O)=O. The van der Waals surface area contributed by atoms with Crippen molar-refractivity contribution in [3.05, 3.63) is 101 Å². The molecule has 0 aliphatic rings. The lowest BCUT2D eigenvalue weighted by molar-refractivity contribution is -0.141. The van der Waals surface area contributed by atoms with Crippen molar-refractivity contribution in [2.75, 3.05) is 17.1 Å². The molecule has 3 rings (SSSR count). The van der Waals surface area contributed by atoms with Crippen molar-refractivity contribution in [3.63, 3.8) is 0 Å². The highest BCUT2D eigenvalue weighted by Crippen LogP contribution is 2.22. The van der Waals surface area contributed by atoms with Gasteiger partial charge >= 0.3 is 0 Å². The van der Waals surface area contributed by atoms with E-state index in [-0.39, 0.29) is 50.0 Å². The van der Waals surface area contributed by atoms with E-state index in [0.717, 1.165) is 34.3 Å². The Morgan fingerprint density at radius 3 is 2.12 bits per heavy atom. The lowest BCUT2D eigenvalue weighted by Crippen LogP contribution is -2.51. The molecule has 0 radical (unpaired) electrons. The van der Waals surface area contributed by atoms with Gasteiger partial charge in [0.2, 0.25) is 21.8 Å². The Kier molecular flexibility index (Phi) is 10.9. The molecule has 0 spiro atoms. The average Bonchev–Trinajstić information content (AvgIpc) is 2.90. The van der Waals surface area contributed by atoms with E-state index in [2.05, 4.69) is 5.32 Å². The summed E-state index contributed by atoms with van der Waals surface area (Å²) in [7, 11) is -3.88. The van der Waals surface area contributed by atoms with Gasteiger partial charge in [0.15, 0.2) is 11.6 Å². The minimum atomic E-state index is -3.88. The van der Waals surface area contributed by atoms with Gasteiger partial charge in [-0.1, -0.05) is 42.5 Å². The highest BCUT2D eigenvalue weighted by molar-refractivity contribution is 7.92. The normalized spacial score (nSPS) is 12.2. The smallest absolute Gasteiger partial charge is 0.243 e.